The van der Waals surface area contributed by atoms with Crippen LogP contribution in [0.2, 0.25) is 0 Å². The van der Waals surface area contributed by atoms with E-state index in [1.54, 1.807) is 37.3 Å². The highest BCUT2D eigenvalue weighted by atomic mass is 32.2. The van der Waals surface area contributed by atoms with Gasteiger partial charge in [0.1, 0.15) is 22.3 Å². The molecule has 0 bridgehead atoms. The van der Waals surface area contributed by atoms with Crippen molar-refractivity contribution < 1.29 is 22.1 Å². The molecule has 0 aliphatic carbocycles. The monoisotopic (exact) mass is 407 g/mol. The van der Waals surface area contributed by atoms with Gasteiger partial charge in [-0.1, -0.05) is 42.5 Å². The van der Waals surface area contributed by atoms with E-state index in [9.17, 15) is 13.2 Å². The number of carbonyl (C=O) groups is 1. The average molecular weight is 407 g/mol. The molecule has 0 aliphatic heterocycles. The van der Waals surface area contributed by atoms with E-state index in [1.165, 1.54) is 24.3 Å². The number of rotatable bonds is 6. The van der Waals surface area contributed by atoms with Crippen LogP contribution >= 0.6 is 0 Å². The molecule has 146 valence electrons. The lowest BCUT2D eigenvalue weighted by atomic mass is 10.1. The molecular weight excluding hydrogens is 390 g/mol. The number of fused-ring (bicyclic) bond motifs is 1. The number of nitriles is 1. The Kier molecular flexibility index (Phi) is 5.96. The van der Waals surface area contributed by atoms with Crippen molar-refractivity contribution in [3.63, 3.8) is 0 Å². The van der Waals surface area contributed by atoms with Crippen LogP contribution in [-0.2, 0) is 19.6 Å². The Labute approximate surface area is 168 Å². The lowest BCUT2D eigenvalue weighted by Gasteiger charge is -2.09. The van der Waals surface area contributed by atoms with Crippen molar-refractivity contribution >= 4 is 32.9 Å². The molecule has 0 atom stereocenters. The van der Waals surface area contributed by atoms with Crippen molar-refractivity contribution in [2.45, 2.75) is 11.8 Å². The Balaban J connectivity index is 1.88. The Bertz CT molecular complexity index is 1240. The van der Waals surface area contributed by atoms with Crippen molar-refractivity contribution in [2.24, 2.45) is 0 Å². The maximum Gasteiger partial charge on any atom is 0.348 e. The Hall–Kier alpha value is -3.63. The number of hydrogen-bond donors (Lipinski definition) is 0. The van der Waals surface area contributed by atoms with Crippen LogP contribution in [0, 0.1) is 11.3 Å². The van der Waals surface area contributed by atoms with Crippen molar-refractivity contribution in [3.05, 3.63) is 77.9 Å². The molecule has 0 saturated carbocycles. The molecule has 0 aliphatic rings. The van der Waals surface area contributed by atoms with E-state index in [4.69, 9.17) is 14.2 Å². The second kappa shape index (κ2) is 8.59. The molecular formula is C22H17NO5S. The van der Waals surface area contributed by atoms with Gasteiger partial charge in [0.2, 0.25) is 0 Å². The number of esters is 1. The van der Waals surface area contributed by atoms with Gasteiger partial charge in [0.25, 0.3) is 0 Å². The van der Waals surface area contributed by atoms with Crippen LogP contribution in [0.25, 0.3) is 16.8 Å². The van der Waals surface area contributed by atoms with Gasteiger partial charge in [-0.05, 0) is 53.6 Å². The third-order valence-electron chi connectivity index (χ3n) is 4.00. The molecule has 0 N–H and O–H groups in total. The molecule has 0 saturated heterocycles. The highest BCUT2D eigenvalue weighted by molar-refractivity contribution is 7.87. The lowest BCUT2D eigenvalue weighted by Crippen LogP contribution is -2.09. The molecule has 0 radical (unpaired) electrons. The number of hydrogen-bond acceptors (Lipinski definition) is 6. The predicted octanol–water partition coefficient (Wildman–Crippen LogP) is 4.08. The van der Waals surface area contributed by atoms with Gasteiger partial charge in [-0.2, -0.15) is 13.7 Å². The highest BCUT2D eigenvalue weighted by Gasteiger charge is 2.17. The standard InChI is InChI=1S/C22H17NO5S/c1-2-27-22(24)19(15-23)12-16-6-5-9-20(13-16)28-29(25,26)21-11-10-17-7-3-4-8-18(17)14-21/h3-14H,2H2,1H3/b19-12+. The van der Waals surface area contributed by atoms with E-state index in [1.807, 2.05) is 24.3 Å². The summed E-state index contributed by atoms with van der Waals surface area (Å²) in [5.74, 6) is -0.682. The molecule has 0 fully saturated rings. The summed E-state index contributed by atoms with van der Waals surface area (Å²) < 4.78 is 35.4. The highest BCUT2D eigenvalue weighted by Crippen LogP contribution is 2.24. The van der Waals surface area contributed by atoms with Crippen LogP contribution in [0.1, 0.15) is 12.5 Å². The zero-order chi connectivity index (χ0) is 20.9. The third kappa shape index (κ3) is 4.81. The van der Waals surface area contributed by atoms with E-state index in [2.05, 4.69) is 0 Å². The molecule has 0 aromatic heterocycles. The van der Waals surface area contributed by atoms with Crippen molar-refractivity contribution in [2.75, 3.05) is 6.61 Å². The molecule has 0 amide bonds. The van der Waals surface area contributed by atoms with Crippen molar-refractivity contribution in [1.29, 1.82) is 5.26 Å². The molecule has 3 aromatic carbocycles. The largest absolute Gasteiger partial charge is 0.462 e. The van der Waals surface area contributed by atoms with Crippen molar-refractivity contribution in [1.82, 2.24) is 0 Å². The minimum atomic E-state index is -4.06. The number of ether oxygens (including phenoxy) is 1. The van der Waals surface area contributed by atoms with E-state index in [-0.39, 0.29) is 22.8 Å². The van der Waals surface area contributed by atoms with Gasteiger partial charge in [-0.3, -0.25) is 0 Å². The first-order valence-electron chi connectivity index (χ1n) is 8.75. The summed E-state index contributed by atoms with van der Waals surface area (Å²) in [6.45, 7) is 1.78. The number of benzene rings is 3. The lowest BCUT2D eigenvalue weighted by molar-refractivity contribution is -0.137. The molecule has 3 rings (SSSR count). The zero-order valence-corrected chi connectivity index (χ0v) is 16.3. The summed E-state index contributed by atoms with van der Waals surface area (Å²) in [6, 6.07) is 20.0. The van der Waals surface area contributed by atoms with Crippen molar-refractivity contribution in [3.8, 4) is 11.8 Å². The van der Waals surface area contributed by atoms with Gasteiger partial charge in [-0.25, -0.2) is 4.79 Å². The van der Waals surface area contributed by atoms with E-state index in [0.717, 1.165) is 10.8 Å². The fourth-order valence-corrected chi connectivity index (χ4v) is 3.63. The predicted molar refractivity (Wildman–Crippen MR) is 108 cm³/mol. The number of nitrogens with zero attached hydrogens (tertiary/aromatic N) is 1. The second-order valence-electron chi connectivity index (χ2n) is 6.01. The van der Waals surface area contributed by atoms with Gasteiger partial charge < -0.3 is 8.92 Å². The first-order valence-corrected chi connectivity index (χ1v) is 10.2. The van der Waals surface area contributed by atoms with Crippen LogP contribution in [0.5, 0.6) is 5.75 Å². The molecule has 0 heterocycles. The van der Waals surface area contributed by atoms with Crippen LogP contribution in [0.3, 0.4) is 0 Å². The Morgan fingerprint density at radius 1 is 1.03 bits per heavy atom. The minimum absolute atomic E-state index is 0.0291. The SMILES string of the molecule is CCOC(=O)/C(C#N)=C/c1cccc(OS(=O)(=O)c2ccc3ccccc3c2)c1. The van der Waals surface area contributed by atoms with E-state index < -0.39 is 16.1 Å². The summed E-state index contributed by atoms with van der Waals surface area (Å²) in [6.07, 6.45) is 1.31. The number of carbonyl (C=O) groups excluding carboxylic acids is 1. The normalized spacial score (nSPS) is 11.7. The molecule has 3 aromatic rings. The maximum atomic E-state index is 12.7. The smallest absolute Gasteiger partial charge is 0.348 e. The second-order valence-corrected chi connectivity index (χ2v) is 7.56. The summed E-state index contributed by atoms with van der Waals surface area (Å²) in [4.78, 5) is 11.8. The van der Waals surface area contributed by atoms with Crippen LogP contribution in [0.4, 0.5) is 0 Å². The van der Waals surface area contributed by atoms with Crippen LogP contribution in [0.15, 0.2) is 77.2 Å². The first kappa shape index (κ1) is 20.1. The minimum Gasteiger partial charge on any atom is -0.462 e. The van der Waals surface area contributed by atoms with Gasteiger partial charge in [0.05, 0.1) is 6.61 Å². The molecule has 0 spiro atoms. The topological polar surface area (TPSA) is 93.5 Å². The molecule has 7 heteroatoms. The fraction of sp³-hybridized carbons (Fsp3) is 0.0909. The maximum absolute atomic E-state index is 12.7. The van der Waals surface area contributed by atoms with Gasteiger partial charge in [-0.15, -0.1) is 0 Å². The molecule has 29 heavy (non-hydrogen) atoms. The van der Waals surface area contributed by atoms with Crippen LogP contribution < -0.4 is 4.18 Å². The summed E-state index contributed by atoms with van der Waals surface area (Å²) in [5, 5.41) is 10.8. The fourth-order valence-electron chi connectivity index (χ4n) is 2.67. The third-order valence-corrected chi connectivity index (χ3v) is 5.24. The zero-order valence-electron chi connectivity index (χ0n) is 15.5. The average Bonchev–Trinajstić information content (AvgIpc) is 2.71. The summed E-state index contributed by atoms with van der Waals surface area (Å²) in [5.41, 5.74) is 0.238. The Morgan fingerprint density at radius 3 is 2.52 bits per heavy atom. The first-order chi connectivity index (χ1) is 13.9. The van der Waals surface area contributed by atoms with E-state index in [0.29, 0.717) is 5.56 Å². The van der Waals surface area contributed by atoms with Crippen LogP contribution in [-0.4, -0.2) is 21.0 Å². The van der Waals surface area contributed by atoms with Gasteiger partial charge >= 0.3 is 16.1 Å². The Morgan fingerprint density at radius 2 is 1.79 bits per heavy atom. The summed E-state index contributed by atoms with van der Waals surface area (Å²) >= 11 is 0. The molecule has 0 unspecified atom stereocenters. The summed E-state index contributed by atoms with van der Waals surface area (Å²) in [7, 11) is -4.06. The van der Waals surface area contributed by atoms with Gasteiger partial charge in [0, 0.05) is 0 Å². The quantitative estimate of drug-likeness (QED) is 0.265. The molecule has 6 nitrogen and oxygen atoms in total. The van der Waals surface area contributed by atoms with E-state index >= 15 is 0 Å². The van der Waals surface area contributed by atoms with Gasteiger partial charge in [0.15, 0.2) is 0 Å².